The van der Waals surface area contributed by atoms with Gasteiger partial charge in [0.15, 0.2) is 12.3 Å². The molecule has 1 aromatic heterocycles. The number of carbonyl (C=O) groups excluding carboxylic acids is 1. The summed E-state index contributed by atoms with van der Waals surface area (Å²) in [5.74, 6) is 0.941. The van der Waals surface area contributed by atoms with E-state index in [1.54, 1.807) is 38.0 Å². The number of nitrogens with one attached hydrogen (secondary N) is 1. The van der Waals surface area contributed by atoms with E-state index in [1.165, 1.54) is 19.1 Å². The highest BCUT2D eigenvalue weighted by molar-refractivity contribution is 7.49. The van der Waals surface area contributed by atoms with Gasteiger partial charge in [-0.05, 0) is 32.9 Å². The zero-order chi connectivity index (χ0) is 27.4. The summed E-state index contributed by atoms with van der Waals surface area (Å²) in [6, 6.07) is 7.69. The smallest absolute Gasteiger partial charge is 0.461 e. The van der Waals surface area contributed by atoms with Crippen molar-refractivity contribution < 1.29 is 41.9 Å². The van der Waals surface area contributed by atoms with Crippen molar-refractivity contribution in [1.29, 1.82) is 0 Å². The van der Waals surface area contributed by atoms with Gasteiger partial charge in [0.2, 0.25) is 5.67 Å². The topological polar surface area (TPSA) is 168 Å². The number of benzene rings is 1. The van der Waals surface area contributed by atoms with Crippen LogP contribution in [0.5, 0.6) is 5.75 Å². The lowest BCUT2D eigenvalue weighted by Crippen LogP contribution is -2.45. The second-order valence-electron chi connectivity index (χ2n) is 8.15. The van der Waals surface area contributed by atoms with Crippen LogP contribution in [0.4, 0.5) is 4.39 Å². The number of aliphatic hydroxyl groups is 1. The van der Waals surface area contributed by atoms with Crippen molar-refractivity contribution >= 4 is 13.8 Å². The van der Waals surface area contributed by atoms with Crippen LogP contribution in [0.2, 0.25) is 0 Å². The van der Waals surface area contributed by atoms with Crippen LogP contribution in [0.3, 0.4) is 0 Å². The van der Waals surface area contributed by atoms with Crippen LogP contribution in [-0.2, 0) is 27.9 Å². The first kappa shape index (κ1) is 28.2. The number of carbonyl (C=O) groups is 1. The molecule has 6 atom stereocenters. The van der Waals surface area contributed by atoms with Crippen LogP contribution in [0.1, 0.15) is 27.0 Å². The Labute approximate surface area is 210 Å². The van der Waals surface area contributed by atoms with E-state index in [2.05, 4.69) is 4.98 Å². The standard InChI is InChI=1S/C22H25FN3O10P/c1-5-22(23)17(27)16(34-19(22)26-12-24-20(29)25-21(26)30)11-32-37(31,36-15-9-7-6-8-10-15)35-14(4)18(28)33-13(2)3/h1,6-10,12-14,16-17,19,27H,11H2,2-4H3,(H,25,29,30)/t14-,16+,17?,19+,22+,37-/m0/s1. The number of phosphoric ester groups is 1. The molecule has 2 N–H and O–H groups in total. The number of phosphoric acid groups is 1. The number of aromatic amines is 1. The Kier molecular flexibility index (Phi) is 8.68. The number of terminal acetylenes is 1. The van der Waals surface area contributed by atoms with Crippen molar-refractivity contribution in [3.63, 3.8) is 0 Å². The van der Waals surface area contributed by atoms with Crippen LogP contribution in [0, 0.1) is 12.3 Å². The number of halogens is 1. The molecule has 0 bridgehead atoms. The second kappa shape index (κ2) is 11.4. The molecule has 2 heterocycles. The van der Waals surface area contributed by atoms with Crippen LogP contribution < -0.4 is 15.9 Å². The zero-order valence-corrected chi connectivity index (χ0v) is 20.9. The molecule has 0 radical (unpaired) electrons. The van der Waals surface area contributed by atoms with Crippen molar-refractivity contribution in [3.8, 4) is 18.1 Å². The summed E-state index contributed by atoms with van der Waals surface area (Å²) < 4.78 is 56.0. The molecule has 1 saturated heterocycles. The molecule has 37 heavy (non-hydrogen) atoms. The second-order valence-corrected chi connectivity index (χ2v) is 9.70. The molecule has 15 heteroatoms. The van der Waals surface area contributed by atoms with Crippen molar-refractivity contribution in [1.82, 2.24) is 14.5 Å². The number of aliphatic hydroxyl groups excluding tert-OH is 1. The van der Waals surface area contributed by atoms with Gasteiger partial charge >= 0.3 is 25.2 Å². The lowest BCUT2D eigenvalue weighted by molar-refractivity contribution is -0.156. The minimum Gasteiger partial charge on any atom is -0.461 e. The Balaban J connectivity index is 1.84. The van der Waals surface area contributed by atoms with Gasteiger partial charge in [-0.25, -0.2) is 23.3 Å². The van der Waals surface area contributed by atoms with E-state index in [9.17, 15) is 24.1 Å². The van der Waals surface area contributed by atoms with Crippen molar-refractivity contribution in [2.24, 2.45) is 0 Å². The summed E-state index contributed by atoms with van der Waals surface area (Å²) in [6.07, 6.45) is -1.52. The van der Waals surface area contributed by atoms with E-state index in [4.69, 9.17) is 29.5 Å². The van der Waals surface area contributed by atoms with Crippen LogP contribution in [-0.4, -0.2) is 62.3 Å². The summed E-state index contributed by atoms with van der Waals surface area (Å²) in [4.78, 5) is 40.7. The van der Waals surface area contributed by atoms with Gasteiger partial charge < -0.3 is 19.1 Å². The highest BCUT2D eigenvalue weighted by atomic mass is 31.2. The van der Waals surface area contributed by atoms with E-state index in [0.717, 1.165) is 0 Å². The Bertz CT molecular complexity index is 1310. The lowest BCUT2D eigenvalue weighted by Gasteiger charge is -2.24. The van der Waals surface area contributed by atoms with Gasteiger partial charge in [0.05, 0.1) is 12.7 Å². The number of nitrogens with zero attached hydrogens (tertiary/aromatic N) is 2. The third kappa shape index (κ3) is 6.51. The van der Waals surface area contributed by atoms with Crippen molar-refractivity contribution in [3.05, 3.63) is 57.6 Å². The van der Waals surface area contributed by atoms with E-state index in [0.29, 0.717) is 10.9 Å². The first-order chi connectivity index (χ1) is 17.4. The maximum Gasteiger partial charge on any atom is 0.530 e. The molecule has 200 valence electrons. The Morgan fingerprint density at radius 3 is 2.62 bits per heavy atom. The quantitative estimate of drug-likeness (QED) is 0.251. The monoisotopic (exact) mass is 541 g/mol. The highest BCUT2D eigenvalue weighted by Gasteiger charge is 2.58. The van der Waals surface area contributed by atoms with Crippen LogP contribution in [0.15, 0.2) is 46.2 Å². The number of hydrogen-bond acceptors (Lipinski definition) is 11. The average Bonchev–Trinajstić information content (AvgIpc) is 3.08. The number of hydrogen-bond donors (Lipinski definition) is 2. The first-order valence-electron chi connectivity index (χ1n) is 10.9. The van der Waals surface area contributed by atoms with Crippen molar-refractivity contribution in [2.45, 2.75) is 57.1 Å². The summed E-state index contributed by atoms with van der Waals surface area (Å²) in [7, 11) is -4.63. The summed E-state index contributed by atoms with van der Waals surface area (Å²) in [5.41, 5.74) is -5.07. The zero-order valence-electron chi connectivity index (χ0n) is 20.0. The average molecular weight is 541 g/mol. The maximum absolute atomic E-state index is 15.6. The van der Waals surface area contributed by atoms with Crippen LogP contribution in [0.25, 0.3) is 0 Å². The van der Waals surface area contributed by atoms with E-state index < -0.39 is 68.1 Å². The largest absolute Gasteiger partial charge is 0.530 e. The first-order valence-corrected chi connectivity index (χ1v) is 12.4. The minimum absolute atomic E-state index is 0.0513. The van der Waals surface area contributed by atoms with Crippen molar-refractivity contribution in [2.75, 3.05) is 6.61 Å². The predicted octanol–water partition coefficient (Wildman–Crippen LogP) is 1.09. The molecule has 0 saturated carbocycles. The molecular formula is C22H25FN3O10P. The Morgan fingerprint density at radius 2 is 2.03 bits per heavy atom. The molecule has 0 amide bonds. The van der Waals surface area contributed by atoms with E-state index in [1.807, 2.05) is 4.98 Å². The summed E-state index contributed by atoms with van der Waals surface area (Å²) >= 11 is 0. The van der Waals surface area contributed by atoms with Crippen LogP contribution >= 0.6 is 7.82 Å². The number of para-hydroxylation sites is 1. The van der Waals surface area contributed by atoms with Gasteiger partial charge in [0.1, 0.15) is 24.3 Å². The fraction of sp³-hybridized carbons (Fsp3) is 0.455. The van der Waals surface area contributed by atoms with E-state index >= 15 is 4.39 Å². The summed E-state index contributed by atoms with van der Waals surface area (Å²) in [6.45, 7) is 3.65. The van der Waals surface area contributed by atoms with Gasteiger partial charge in [-0.2, -0.15) is 4.98 Å². The number of alkyl halides is 1. The van der Waals surface area contributed by atoms with Gasteiger partial charge in [-0.3, -0.25) is 18.6 Å². The third-order valence-electron chi connectivity index (χ3n) is 5.00. The maximum atomic E-state index is 15.6. The van der Waals surface area contributed by atoms with Gasteiger partial charge in [-0.15, -0.1) is 6.42 Å². The SMILES string of the molecule is C#C[C@@]1(F)C(O)[C@@H](CO[P@](=O)(Oc2ccccc2)O[C@@H](C)C(=O)OC(C)C)O[C@H]1n1cnc(=O)[nH]c1=O. The number of esters is 1. The normalized spacial score (nSPS) is 25.7. The fourth-order valence-corrected chi connectivity index (χ4v) is 4.59. The van der Waals surface area contributed by atoms with E-state index in [-0.39, 0.29) is 5.75 Å². The van der Waals surface area contributed by atoms with Gasteiger partial charge in [0, 0.05) is 0 Å². The Hall–Kier alpha value is -3.34. The highest BCUT2D eigenvalue weighted by Crippen LogP contribution is 2.52. The molecule has 1 fully saturated rings. The molecule has 2 aromatic rings. The lowest BCUT2D eigenvalue weighted by atomic mass is 9.97. The molecule has 0 spiro atoms. The number of rotatable bonds is 10. The molecule has 0 aliphatic carbocycles. The Morgan fingerprint density at radius 1 is 1.35 bits per heavy atom. The van der Waals surface area contributed by atoms with Gasteiger partial charge in [-0.1, -0.05) is 24.1 Å². The van der Waals surface area contributed by atoms with Gasteiger partial charge in [0.25, 0.3) is 0 Å². The summed E-state index contributed by atoms with van der Waals surface area (Å²) in [5, 5.41) is 10.6. The minimum atomic E-state index is -4.63. The molecule has 1 aromatic carbocycles. The molecule has 3 rings (SSSR count). The third-order valence-corrected chi connectivity index (χ3v) is 6.47. The molecule has 1 aliphatic heterocycles. The fourth-order valence-electron chi connectivity index (χ4n) is 3.25. The molecule has 13 nitrogen and oxygen atoms in total. The number of H-pyrrole nitrogens is 1. The molecule has 1 aliphatic rings. The molecular weight excluding hydrogens is 516 g/mol. The number of ether oxygens (including phenoxy) is 2. The number of aromatic nitrogens is 3. The molecule has 1 unspecified atom stereocenters. The predicted molar refractivity (Wildman–Crippen MR) is 124 cm³/mol.